The van der Waals surface area contributed by atoms with Crippen LogP contribution in [0.3, 0.4) is 0 Å². The molecule has 72 valence electrons. The predicted molar refractivity (Wildman–Crippen MR) is 48.3 cm³/mol. The van der Waals surface area contributed by atoms with Crippen LogP contribution in [0.25, 0.3) is 0 Å². The Bertz CT molecular complexity index is 248. The van der Waals surface area contributed by atoms with Crippen LogP contribution in [0.4, 0.5) is 0 Å². The predicted octanol–water partition coefficient (Wildman–Crippen LogP) is 0.519. The molecule has 0 aromatic heterocycles. The first-order valence-electron chi connectivity index (χ1n) is 4.40. The first-order valence-corrected chi connectivity index (χ1v) is 4.40. The van der Waals surface area contributed by atoms with Crippen LogP contribution in [0.1, 0.15) is 19.8 Å². The Kier molecular flexibility index (Phi) is 2.58. The van der Waals surface area contributed by atoms with E-state index in [9.17, 15) is 4.79 Å². The highest BCUT2D eigenvalue weighted by Gasteiger charge is 2.49. The molecule has 0 aromatic carbocycles. The normalized spacial score (nSPS) is 32.1. The molecule has 0 spiro atoms. The van der Waals surface area contributed by atoms with Gasteiger partial charge in [-0.15, -0.1) is 0 Å². The summed E-state index contributed by atoms with van der Waals surface area (Å²) >= 11 is 0. The van der Waals surface area contributed by atoms with Gasteiger partial charge in [0, 0.05) is 14.1 Å². The van der Waals surface area contributed by atoms with Crippen molar-refractivity contribution < 1.29 is 4.79 Å². The first-order chi connectivity index (χ1) is 6.00. The van der Waals surface area contributed by atoms with Gasteiger partial charge in [0.1, 0.15) is 5.41 Å². The molecule has 1 rings (SSSR count). The molecular weight excluding hydrogens is 166 g/mol. The summed E-state index contributed by atoms with van der Waals surface area (Å²) in [5.74, 6) is 0.325. The number of nitriles is 1. The number of rotatable bonds is 2. The van der Waals surface area contributed by atoms with Crippen molar-refractivity contribution in [2.45, 2.75) is 19.8 Å². The van der Waals surface area contributed by atoms with Crippen LogP contribution >= 0.6 is 0 Å². The van der Waals surface area contributed by atoms with E-state index < -0.39 is 5.41 Å². The fourth-order valence-corrected chi connectivity index (χ4v) is 1.77. The van der Waals surface area contributed by atoms with E-state index in [1.807, 2.05) is 0 Å². The highest BCUT2D eigenvalue weighted by molar-refractivity contribution is 5.86. The second-order valence-corrected chi connectivity index (χ2v) is 4.04. The van der Waals surface area contributed by atoms with Crippen LogP contribution in [0.15, 0.2) is 0 Å². The summed E-state index contributed by atoms with van der Waals surface area (Å²) in [4.78, 5) is 11.6. The number of carbonyl (C=O) groups excluding carboxylic acids is 1. The van der Waals surface area contributed by atoms with E-state index in [0.717, 1.165) is 0 Å². The average Bonchev–Trinajstić information content (AvgIpc) is 1.96. The zero-order valence-corrected chi connectivity index (χ0v) is 8.29. The summed E-state index contributed by atoms with van der Waals surface area (Å²) in [6, 6.07) is 2.11. The molecule has 0 atom stereocenters. The lowest BCUT2D eigenvalue weighted by molar-refractivity contribution is -0.138. The first kappa shape index (κ1) is 10.0. The van der Waals surface area contributed by atoms with Gasteiger partial charge in [0.05, 0.1) is 6.07 Å². The molecule has 0 saturated heterocycles. The molecule has 1 aliphatic rings. The fraction of sp³-hybridized carbons (Fsp3) is 0.778. The van der Waals surface area contributed by atoms with E-state index in [-0.39, 0.29) is 5.91 Å². The smallest absolute Gasteiger partial charge is 0.254 e. The number of hydrogen-bond donors (Lipinski definition) is 1. The SMILES string of the molecule is CC1CC(C#N)(C(=O)NN(C)C)C1. The third-order valence-electron chi connectivity index (χ3n) is 2.37. The number of hydrazine groups is 1. The minimum atomic E-state index is -0.760. The molecule has 0 heterocycles. The molecule has 1 aliphatic carbocycles. The summed E-state index contributed by atoms with van der Waals surface area (Å²) in [5.41, 5.74) is 1.87. The van der Waals surface area contributed by atoms with Gasteiger partial charge in [-0.25, -0.2) is 5.01 Å². The van der Waals surface area contributed by atoms with Crippen molar-refractivity contribution in [3.05, 3.63) is 0 Å². The molecule has 0 bridgehead atoms. The standard InChI is InChI=1S/C9H15N3O/c1-7-4-9(5-7,6-10)8(13)11-12(2)3/h7H,4-5H2,1-3H3,(H,11,13). The Balaban J connectivity index is 2.59. The van der Waals surface area contributed by atoms with Crippen LogP contribution in [0, 0.1) is 22.7 Å². The van der Waals surface area contributed by atoms with E-state index in [1.165, 1.54) is 0 Å². The molecule has 13 heavy (non-hydrogen) atoms. The number of carbonyl (C=O) groups is 1. The van der Waals surface area contributed by atoms with Crippen LogP contribution in [0.2, 0.25) is 0 Å². The zero-order chi connectivity index (χ0) is 10.1. The lowest BCUT2D eigenvalue weighted by Gasteiger charge is -2.39. The minimum Gasteiger partial charge on any atom is -0.288 e. The molecule has 0 unspecified atom stereocenters. The van der Waals surface area contributed by atoms with Crippen molar-refractivity contribution in [3.63, 3.8) is 0 Å². The van der Waals surface area contributed by atoms with Gasteiger partial charge in [0.25, 0.3) is 5.91 Å². The number of nitrogens with one attached hydrogen (secondary N) is 1. The summed E-state index contributed by atoms with van der Waals surface area (Å²) in [6.45, 7) is 2.05. The van der Waals surface area contributed by atoms with E-state index >= 15 is 0 Å². The number of nitrogens with zero attached hydrogens (tertiary/aromatic N) is 2. The van der Waals surface area contributed by atoms with E-state index in [2.05, 4.69) is 18.4 Å². The Morgan fingerprint density at radius 2 is 2.15 bits per heavy atom. The van der Waals surface area contributed by atoms with Gasteiger partial charge in [-0.05, 0) is 18.8 Å². The highest BCUT2D eigenvalue weighted by atomic mass is 16.2. The third-order valence-corrected chi connectivity index (χ3v) is 2.37. The highest BCUT2D eigenvalue weighted by Crippen LogP contribution is 2.44. The quantitative estimate of drug-likeness (QED) is 0.632. The molecular formula is C9H15N3O. The van der Waals surface area contributed by atoms with Crippen molar-refractivity contribution in [1.82, 2.24) is 10.4 Å². The third kappa shape index (κ3) is 1.81. The molecule has 4 heteroatoms. The van der Waals surface area contributed by atoms with E-state index in [1.54, 1.807) is 19.1 Å². The molecule has 1 amide bonds. The van der Waals surface area contributed by atoms with Crippen LogP contribution in [0.5, 0.6) is 0 Å². The van der Waals surface area contributed by atoms with Crippen molar-refractivity contribution in [2.24, 2.45) is 11.3 Å². The van der Waals surface area contributed by atoms with E-state index in [0.29, 0.717) is 18.8 Å². The maximum absolute atomic E-state index is 11.6. The van der Waals surface area contributed by atoms with Crippen molar-refractivity contribution in [2.75, 3.05) is 14.1 Å². The van der Waals surface area contributed by atoms with Crippen molar-refractivity contribution >= 4 is 5.91 Å². The Morgan fingerprint density at radius 1 is 1.62 bits per heavy atom. The molecule has 1 fully saturated rings. The summed E-state index contributed by atoms with van der Waals surface area (Å²) in [6.07, 6.45) is 1.37. The molecule has 1 N–H and O–H groups in total. The maximum atomic E-state index is 11.6. The minimum absolute atomic E-state index is 0.168. The van der Waals surface area contributed by atoms with Gasteiger partial charge in [-0.1, -0.05) is 6.92 Å². The van der Waals surface area contributed by atoms with Crippen LogP contribution in [-0.4, -0.2) is 25.0 Å². The largest absolute Gasteiger partial charge is 0.288 e. The van der Waals surface area contributed by atoms with Gasteiger partial charge in [-0.3, -0.25) is 10.2 Å². The lowest BCUT2D eigenvalue weighted by Crippen LogP contribution is -2.51. The van der Waals surface area contributed by atoms with Gasteiger partial charge in [0.2, 0.25) is 0 Å². The second kappa shape index (κ2) is 3.35. The molecule has 0 radical (unpaired) electrons. The average molecular weight is 181 g/mol. The summed E-state index contributed by atoms with van der Waals surface area (Å²) < 4.78 is 0. The summed E-state index contributed by atoms with van der Waals surface area (Å²) in [5, 5.41) is 10.5. The lowest BCUT2D eigenvalue weighted by atomic mass is 9.63. The zero-order valence-electron chi connectivity index (χ0n) is 8.29. The van der Waals surface area contributed by atoms with Gasteiger partial charge >= 0.3 is 0 Å². The molecule has 0 aromatic rings. The van der Waals surface area contributed by atoms with Gasteiger partial charge in [0.15, 0.2) is 0 Å². The van der Waals surface area contributed by atoms with Crippen LogP contribution in [-0.2, 0) is 4.79 Å². The van der Waals surface area contributed by atoms with Crippen molar-refractivity contribution in [3.8, 4) is 6.07 Å². The fourth-order valence-electron chi connectivity index (χ4n) is 1.77. The monoisotopic (exact) mass is 181 g/mol. The Morgan fingerprint density at radius 3 is 2.46 bits per heavy atom. The molecule has 4 nitrogen and oxygen atoms in total. The van der Waals surface area contributed by atoms with Crippen LogP contribution < -0.4 is 5.43 Å². The Hall–Kier alpha value is -1.08. The molecule has 0 aliphatic heterocycles. The second-order valence-electron chi connectivity index (χ2n) is 4.04. The Labute approximate surface area is 78.5 Å². The van der Waals surface area contributed by atoms with Gasteiger partial charge in [-0.2, -0.15) is 5.26 Å². The van der Waals surface area contributed by atoms with E-state index in [4.69, 9.17) is 5.26 Å². The van der Waals surface area contributed by atoms with Gasteiger partial charge < -0.3 is 0 Å². The number of hydrogen-bond acceptors (Lipinski definition) is 3. The number of amides is 1. The summed E-state index contributed by atoms with van der Waals surface area (Å²) in [7, 11) is 3.48. The topological polar surface area (TPSA) is 56.1 Å². The molecule has 1 saturated carbocycles. The van der Waals surface area contributed by atoms with Crippen molar-refractivity contribution in [1.29, 1.82) is 5.26 Å². The maximum Gasteiger partial charge on any atom is 0.254 e.